The smallest absolute Gasteiger partial charge is 0.253 e. The Labute approximate surface area is 138 Å². The molecule has 0 fully saturated rings. The zero-order chi connectivity index (χ0) is 15.6. The van der Waals surface area contributed by atoms with E-state index in [-0.39, 0.29) is 5.91 Å². The summed E-state index contributed by atoms with van der Waals surface area (Å²) < 4.78 is 0. The van der Waals surface area contributed by atoms with Crippen LogP contribution in [0.2, 0.25) is 0 Å². The molecule has 0 spiro atoms. The molecule has 3 aromatic heterocycles. The Hall–Kier alpha value is -2.21. The standard InChI is InChI=1S/C17H18N4OS/c22-17(12-10-20-16-11(12)4-3-8-18-16)19-9-7-15-21-13-5-1-2-6-14(13)23-15/h3-4,8,10H,1-2,5-7,9H2,(H,18,20)(H,19,22). The number of rotatable bonds is 4. The van der Waals surface area contributed by atoms with Crippen LogP contribution in [0.4, 0.5) is 0 Å². The maximum atomic E-state index is 12.3. The molecule has 0 aromatic carbocycles. The minimum atomic E-state index is -0.0643. The van der Waals surface area contributed by atoms with Crippen LogP contribution >= 0.6 is 11.3 Å². The van der Waals surface area contributed by atoms with Crippen molar-refractivity contribution < 1.29 is 4.79 Å². The summed E-state index contributed by atoms with van der Waals surface area (Å²) in [4.78, 5) is 25.7. The molecule has 0 bridgehead atoms. The van der Waals surface area contributed by atoms with Gasteiger partial charge in [-0.3, -0.25) is 4.79 Å². The fourth-order valence-corrected chi connectivity index (χ4v) is 4.19. The molecular formula is C17H18N4OS. The van der Waals surface area contributed by atoms with Crippen LogP contribution in [-0.4, -0.2) is 27.4 Å². The van der Waals surface area contributed by atoms with E-state index >= 15 is 0 Å². The van der Waals surface area contributed by atoms with E-state index in [0.717, 1.165) is 28.9 Å². The summed E-state index contributed by atoms with van der Waals surface area (Å²) >= 11 is 1.81. The summed E-state index contributed by atoms with van der Waals surface area (Å²) in [6.45, 7) is 0.609. The van der Waals surface area contributed by atoms with Crippen LogP contribution in [0, 0.1) is 0 Å². The van der Waals surface area contributed by atoms with E-state index in [4.69, 9.17) is 4.98 Å². The van der Waals surface area contributed by atoms with Crippen LogP contribution in [-0.2, 0) is 19.3 Å². The molecule has 0 saturated carbocycles. The third kappa shape index (κ3) is 2.86. The van der Waals surface area contributed by atoms with E-state index in [2.05, 4.69) is 15.3 Å². The van der Waals surface area contributed by atoms with Gasteiger partial charge in [0.05, 0.1) is 16.3 Å². The molecule has 0 saturated heterocycles. The molecule has 2 N–H and O–H groups in total. The number of aryl methyl sites for hydroxylation is 2. The minimum Gasteiger partial charge on any atom is -0.352 e. The van der Waals surface area contributed by atoms with E-state index in [9.17, 15) is 4.79 Å². The van der Waals surface area contributed by atoms with Crippen molar-refractivity contribution >= 4 is 28.3 Å². The lowest BCUT2D eigenvalue weighted by atomic mass is 10.0. The first kappa shape index (κ1) is 14.4. The molecule has 0 radical (unpaired) electrons. The number of nitrogens with one attached hydrogen (secondary N) is 2. The lowest BCUT2D eigenvalue weighted by Crippen LogP contribution is -2.25. The number of fused-ring (bicyclic) bond motifs is 2. The van der Waals surface area contributed by atoms with Gasteiger partial charge >= 0.3 is 0 Å². The molecule has 118 valence electrons. The number of nitrogens with zero attached hydrogens (tertiary/aromatic N) is 2. The van der Waals surface area contributed by atoms with Crippen LogP contribution < -0.4 is 5.32 Å². The molecule has 3 heterocycles. The van der Waals surface area contributed by atoms with Gasteiger partial charge in [0.25, 0.3) is 5.91 Å². The molecule has 3 aromatic rings. The number of hydrogen-bond acceptors (Lipinski definition) is 4. The van der Waals surface area contributed by atoms with Gasteiger partial charge in [0.1, 0.15) is 5.65 Å². The summed E-state index contributed by atoms with van der Waals surface area (Å²) in [7, 11) is 0. The van der Waals surface area contributed by atoms with E-state index in [1.54, 1.807) is 12.4 Å². The first-order valence-electron chi connectivity index (χ1n) is 7.99. The van der Waals surface area contributed by atoms with Gasteiger partial charge in [-0.05, 0) is 37.8 Å². The number of H-pyrrole nitrogens is 1. The van der Waals surface area contributed by atoms with Crippen molar-refractivity contribution in [2.45, 2.75) is 32.1 Å². The Balaban J connectivity index is 1.39. The molecule has 0 aliphatic heterocycles. The second kappa shape index (κ2) is 6.12. The Morgan fingerprint density at radius 2 is 2.26 bits per heavy atom. The van der Waals surface area contributed by atoms with E-state index in [0.29, 0.717) is 12.1 Å². The Morgan fingerprint density at radius 1 is 1.35 bits per heavy atom. The van der Waals surface area contributed by atoms with Crippen LogP contribution in [0.25, 0.3) is 11.0 Å². The second-order valence-electron chi connectivity index (χ2n) is 5.79. The number of aromatic nitrogens is 3. The third-order valence-electron chi connectivity index (χ3n) is 4.21. The van der Waals surface area contributed by atoms with E-state index < -0.39 is 0 Å². The SMILES string of the molecule is O=C(NCCc1nc2c(s1)CCCC2)c1c[nH]c2ncccc12. The fraction of sp³-hybridized carbons (Fsp3) is 0.353. The van der Waals surface area contributed by atoms with Crippen LogP contribution in [0.3, 0.4) is 0 Å². The van der Waals surface area contributed by atoms with Gasteiger partial charge < -0.3 is 10.3 Å². The molecule has 4 rings (SSSR count). The minimum absolute atomic E-state index is 0.0643. The first-order chi connectivity index (χ1) is 11.3. The van der Waals surface area contributed by atoms with E-state index in [1.165, 1.54) is 29.8 Å². The Morgan fingerprint density at radius 3 is 3.17 bits per heavy atom. The van der Waals surface area contributed by atoms with Crippen LogP contribution in [0.1, 0.15) is 38.8 Å². The van der Waals surface area contributed by atoms with Gasteiger partial charge in [-0.25, -0.2) is 9.97 Å². The van der Waals surface area contributed by atoms with Gasteiger partial charge in [-0.15, -0.1) is 11.3 Å². The molecule has 1 aliphatic carbocycles. The summed E-state index contributed by atoms with van der Waals surface area (Å²) in [6.07, 6.45) is 9.04. The summed E-state index contributed by atoms with van der Waals surface area (Å²) in [5, 5.41) is 4.98. The van der Waals surface area contributed by atoms with Crippen molar-refractivity contribution in [3.8, 4) is 0 Å². The summed E-state index contributed by atoms with van der Waals surface area (Å²) in [5.41, 5.74) is 2.67. The topological polar surface area (TPSA) is 70.7 Å². The Kier molecular flexibility index (Phi) is 3.83. The zero-order valence-electron chi connectivity index (χ0n) is 12.8. The highest BCUT2D eigenvalue weighted by Crippen LogP contribution is 2.26. The molecule has 0 atom stereocenters. The largest absolute Gasteiger partial charge is 0.352 e. The molecule has 0 unspecified atom stereocenters. The highest BCUT2D eigenvalue weighted by atomic mass is 32.1. The summed E-state index contributed by atoms with van der Waals surface area (Å²) in [6, 6.07) is 3.75. The van der Waals surface area contributed by atoms with Crippen molar-refractivity contribution in [3.63, 3.8) is 0 Å². The van der Waals surface area contributed by atoms with Crippen molar-refractivity contribution in [2.75, 3.05) is 6.54 Å². The van der Waals surface area contributed by atoms with Gasteiger partial charge in [-0.2, -0.15) is 0 Å². The Bertz CT molecular complexity index is 828. The monoisotopic (exact) mass is 326 g/mol. The number of pyridine rings is 1. The quantitative estimate of drug-likeness (QED) is 0.774. The van der Waals surface area contributed by atoms with Crippen molar-refractivity contribution in [2.24, 2.45) is 0 Å². The van der Waals surface area contributed by atoms with Crippen molar-refractivity contribution in [3.05, 3.63) is 45.7 Å². The zero-order valence-corrected chi connectivity index (χ0v) is 13.6. The molecule has 23 heavy (non-hydrogen) atoms. The fourth-order valence-electron chi connectivity index (χ4n) is 3.03. The van der Waals surface area contributed by atoms with E-state index in [1.807, 2.05) is 23.5 Å². The van der Waals surface area contributed by atoms with Gasteiger partial charge in [0, 0.05) is 35.6 Å². The normalized spacial score (nSPS) is 13.9. The van der Waals surface area contributed by atoms with Crippen LogP contribution in [0.5, 0.6) is 0 Å². The highest BCUT2D eigenvalue weighted by Gasteiger charge is 2.16. The number of hydrogen-bond donors (Lipinski definition) is 2. The molecule has 1 aliphatic rings. The number of carbonyl (C=O) groups excluding carboxylic acids is 1. The molecular weight excluding hydrogens is 308 g/mol. The maximum absolute atomic E-state index is 12.3. The number of aromatic amines is 1. The number of amides is 1. The lowest BCUT2D eigenvalue weighted by molar-refractivity contribution is 0.0956. The molecule has 5 nitrogen and oxygen atoms in total. The number of carbonyl (C=O) groups is 1. The lowest BCUT2D eigenvalue weighted by Gasteiger charge is -2.06. The average molecular weight is 326 g/mol. The van der Waals surface area contributed by atoms with Gasteiger partial charge in [0.2, 0.25) is 0 Å². The van der Waals surface area contributed by atoms with Crippen molar-refractivity contribution in [1.82, 2.24) is 20.3 Å². The number of thiazole rings is 1. The van der Waals surface area contributed by atoms with Crippen molar-refractivity contribution in [1.29, 1.82) is 0 Å². The predicted octanol–water partition coefficient (Wildman–Crippen LogP) is 2.87. The van der Waals surface area contributed by atoms with Crippen LogP contribution in [0.15, 0.2) is 24.5 Å². The maximum Gasteiger partial charge on any atom is 0.253 e. The average Bonchev–Trinajstić information content (AvgIpc) is 3.18. The molecule has 6 heteroatoms. The first-order valence-corrected chi connectivity index (χ1v) is 8.80. The summed E-state index contributed by atoms with van der Waals surface area (Å²) in [5.74, 6) is -0.0643. The second-order valence-corrected chi connectivity index (χ2v) is 6.96. The van der Waals surface area contributed by atoms with Gasteiger partial charge in [0.15, 0.2) is 0 Å². The highest BCUT2D eigenvalue weighted by molar-refractivity contribution is 7.11. The third-order valence-corrected chi connectivity index (χ3v) is 5.43. The van der Waals surface area contributed by atoms with Gasteiger partial charge in [-0.1, -0.05) is 0 Å². The predicted molar refractivity (Wildman–Crippen MR) is 90.9 cm³/mol. The molecule has 1 amide bonds.